The van der Waals surface area contributed by atoms with Crippen molar-refractivity contribution in [2.24, 2.45) is 29.4 Å². The molecule has 0 aliphatic heterocycles. The third kappa shape index (κ3) is 12.1. The van der Waals surface area contributed by atoms with Gasteiger partial charge in [0.1, 0.15) is 12.1 Å². The SMILES string of the molecule is CC(C)CCNC(=O)[C@@H](NC(=O)[C@@H](NC(=O)C[C@H](O)[C@@H](N)CC(C)C)C(C)C)C(C)C. The van der Waals surface area contributed by atoms with E-state index >= 15 is 0 Å². The molecule has 0 rings (SSSR count). The van der Waals surface area contributed by atoms with E-state index in [1.807, 2.05) is 41.5 Å². The lowest BCUT2D eigenvalue weighted by Crippen LogP contribution is -2.57. The fourth-order valence-corrected chi connectivity index (χ4v) is 3.18. The number of hydrogen-bond acceptors (Lipinski definition) is 5. The summed E-state index contributed by atoms with van der Waals surface area (Å²) in [6.07, 6.45) is 0.308. The molecule has 0 aliphatic rings. The van der Waals surface area contributed by atoms with Gasteiger partial charge in [-0.3, -0.25) is 14.4 Å². The Morgan fingerprint density at radius 2 is 1.32 bits per heavy atom. The van der Waals surface area contributed by atoms with Gasteiger partial charge in [-0.25, -0.2) is 0 Å². The van der Waals surface area contributed by atoms with Gasteiger partial charge in [-0.1, -0.05) is 55.4 Å². The summed E-state index contributed by atoms with van der Waals surface area (Å²) >= 11 is 0. The number of aliphatic hydroxyl groups excluding tert-OH is 1. The molecule has 8 nitrogen and oxygen atoms in total. The maximum Gasteiger partial charge on any atom is 0.243 e. The van der Waals surface area contributed by atoms with E-state index in [0.717, 1.165) is 6.42 Å². The van der Waals surface area contributed by atoms with E-state index in [0.29, 0.717) is 24.8 Å². The van der Waals surface area contributed by atoms with Gasteiger partial charge in [0, 0.05) is 12.6 Å². The molecule has 0 aromatic carbocycles. The van der Waals surface area contributed by atoms with E-state index < -0.39 is 36.0 Å². The largest absolute Gasteiger partial charge is 0.391 e. The van der Waals surface area contributed by atoms with Gasteiger partial charge in [0.05, 0.1) is 12.5 Å². The van der Waals surface area contributed by atoms with Gasteiger partial charge in [-0.15, -0.1) is 0 Å². The van der Waals surface area contributed by atoms with Crippen LogP contribution in [0, 0.1) is 23.7 Å². The zero-order valence-electron chi connectivity index (χ0n) is 20.7. The molecule has 0 aromatic rings. The van der Waals surface area contributed by atoms with Gasteiger partial charge in [0.15, 0.2) is 0 Å². The van der Waals surface area contributed by atoms with Gasteiger partial charge in [-0.05, 0) is 36.5 Å². The molecule has 0 bridgehead atoms. The first-order valence-electron chi connectivity index (χ1n) is 11.6. The summed E-state index contributed by atoms with van der Waals surface area (Å²) in [5.74, 6) is -0.610. The molecule has 8 heteroatoms. The number of hydrogen-bond donors (Lipinski definition) is 5. The fourth-order valence-electron chi connectivity index (χ4n) is 3.18. The summed E-state index contributed by atoms with van der Waals surface area (Å²) in [5, 5.41) is 18.6. The molecule has 0 radical (unpaired) electrons. The molecule has 31 heavy (non-hydrogen) atoms. The van der Waals surface area contributed by atoms with E-state index in [4.69, 9.17) is 5.73 Å². The monoisotopic (exact) mass is 442 g/mol. The zero-order chi connectivity index (χ0) is 24.3. The number of nitrogens with one attached hydrogen (secondary N) is 3. The van der Waals surface area contributed by atoms with Crippen molar-refractivity contribution in [2.75, 3.05) is 6.54 Å². The van der Waals surface area contributed by atoms with Crippen molar-refractivity contribution in [1.29, 1.82) is 0 Å². The van der Waals surface area contributed by atoms with Crippen LogP contribution >= 0.6 is 0 Å². The summed E-state index contributed by atoms with van der Waals surface area (Å²) in [6.45, 7) is 16.1. The topological polar surface area (TPSA) is 134 Å². The minimum absolute atomic E-state index is 0.109. The normalized spacial score (nSPS) is 15.7. The Balaban J connectivity index is 5.00. The highest BCUT2D eigenvalue weighted by molar-refractivity contribution is 5.92. The van der Waals surface area contributed by atoms with Crippen molar-refractivity contribution in [1.82, 2.24) is 16.0 Å². The van der Waals surface area contributed by atoms with E-state index in [1.165, 1.54) is 0 Å². The van der Waals surface area contributed by atoms with E-state index in [9.17, 15) is 19.5 Å². The maximum absolute atomic E-state index is 12.9. The lowest BCUT2D eigenvalue weighted by atomic mass is 9.97. The predicted molar refractivity (Wildman–Crippen MR) is 124 cm³/mol. The molecule has 3 amide bonds. The van der Waals surface area contributed by atoms with Crippen LogP contribution in [-0.4, -0.2) is 53.6 Å². The van der Waals surface area contributed by atoms with Crippen LogP contribution in [0.2, 0.25) is 0 Å². The van der Waals surface area contributed by atoms with Crippen molar-refractivity contribution in [3.63, 3.8) is 0 Å². The molecule has 0 aromatic heterocycles. The van der Waals surface area contributed by atoms with Crippen LogP contribution in [0.15, 0.2) is 0 Å². The lowest BCUT2D eigenvalue weighted by Gasteiger charge is -2.28. The van der Waals surface area contributed by atoms with Gasteiger partial charge in [-0.2, -0.15) is 0 Å². The molecule has 182 valence electrons. The Kier molecular flexibility index (Phi) is 13.6. The third-order valence-corrected chi connectivity index (χ3v) is 5.17. The zero-order valence-corrected chi connectivity index (χ0v) is 20.7. The standard InChI is InChI=1S/C23H46N4O4/c1-13(2)9-10-25-22(30)20(15(5)6)27-23(31)21(16(7)8)26-19(29)12-18(28)17(24)11-14(3)4/h13-18,20-21,28H,9-12,24H2,1-8H3,(H,25,30)(H,26,29)(H,27,31)/t17-,18-,20-,21-/m0/s1. The summed E-state index contributed by atoms with van der Waals surface area (Å²) in [7, 11) is 0. The second-order valence-electron chi connectivity index (χ2n) is 10.1. The Hall–Kier alpha value is -1.67. The molecule has 0 spiro atoms. The van der Waals surface area contributed by atoms with Crippen molar-refractivity contribution >= 4 is 17.7 Å². The molecular formula is C23H46N4O4. The Labute approximate surface area is 188 Å². The molecule has 0 heterocycles. The Morgan fingerprint density at radius 3 is 1.77 bits per heavy atom. The number of amides is 3. The van der Waals surface area contributed by atoms with Crippen LogP contribution in [0.4, 0.5) is 0 Å². The quantitative estimate of drug-likeness (QED) is 0.278. The first-order valence-corrected chi connectivity index (χ1v) is 11.6. The fraction of sp³-hybridized carbons (Fsp3) is 0.870. The first kappa shape index (κ1) is 29.3. The van der Waals surface area contributed by atoms with Crippen LogP contribution in [-0.2, 0) is 14.4 Å². The van der Waals surface area contributed by atoms with Gasteiger partial charge in [0.2, 0.25) is 17.7 Å². The number of rotatable bonds is 14. The van der Waals surface area contributed by atoms with Crippen molar-refractivity contribution in [3.8, 4) is 0 Å². The van der Waals surface area contributed by atoms with Crippen LogP contribution < -0.4 is 21.7 Å². The summed E-state index contributed by atoms with van der Waals surface area (Å²) < 4.78 is 0. The molecule has 0 aliphatic carbocycles. The summed E-state index contributed by atoms with van der Waals surface area (Å²) in [6, 6.07) is -2.01. The molecule has 0 fully saturated rings. The Bertz CT molecular complexity index is 564. The number of carbonyl (C=O) groups excluding carboxylic acids is 3. The number of aliphatic hydroxyl groups is 1. The highest BCUT2D eigenvalue weighted by Crippen LogP contribution is 2.11. The van der Waals surface area contributed by atoms with Gasteiger partial charge in [0.25, 0.3) is 0 Å². The summed E-state index contributed by atoms with van der Waals surface area (Å²) in [4.78, 5) is 37.9. The van der Waals surface area contributed by atoms with E-state index in [-0.39, 0.29) is 24.2 Å². The molecule has 0 unspecified atom stereocenters. The molecule has 0 saturated carbocycles. The molecular weight excluding hydrogens is 396 g/mol. The number of nitrogens with two attached hydrogens (primary N) is 1. The third-order valence-electron chi connectivity index (χ3n) is 5.17. The average molecular weight is 443 g/mol. The second kappa shape index (κ2) is 14.4. The van der Waals surface area contributed by atoms with Crippen molar-refractivity contribution < 1.29 is 19.5 Å². The van der Waals surface area contributed by atoms with Crippen LogP contribution in [0.5, 0.6) is 0 Å². The summed E-state index contributed by atoms with van der Waals surface area (Å²) in [5.41, 5.74) is 5.95. The maximum atomic E-state index is 12.9. The van der Waals surface area contributed by atoms with Crippen molar-refractivity contribution in [2.45, 2.75) is 98.9 Å². The van der Waals surface area contributed by atoms with Crippen LogP contribution in [0.25, 0.3) is 0 Å². The van der Waals surface area contributed by atoms with E-state index in [1.54, 1.807) is 0 Å². The van der Waals surface area contributed by atoms with Crippen LogP contribution in [0.3, 0.4) is 0 Å². The highest BCUT2D eigenvalue weighted by atomic mass is 16.3. The molecule has 6 N–H and O–H groups in total. The smallest absolute Gasteiger partial charge is 0.243 e. The average Bonchev–Trinajstić information content (AvgIpc) is 2.62. The molecule has 4 atom stereocenters. The van der Waals surface area contributed by atoms with Gasteiger partial charge < -0.3 is 26.8 Å². The number of carbonyl (C=O) groups is 3. The van der Waals surface area contributed by atoms with Crippen molar-refractivity contribution in [3.05, 3.63) is 0 Å². The van der Waals surface area contributed by atoms with Gasteiger partial charge >= 0.3 is 0 Å². The Morgan fingerprint density at radius 1 is 0.806 bits per heavy atom. The van der Waals surface area contributed by atoms with E-state index in [2.05, 4.69) is 29.8 Å². The predicted octanol–water partition coefficient (Wildman–Crippen LogP) is 1.55. The lowest BCUT2D eigenvalue weighted by molar-refractivity contribution is -0.134. The highest BCUT2D eigenvalue weighted by Gasteiger charge is 2.31. The molecule has 0 saturated heterocycles. The van der Waals surface area contributed by atoms with Crippen LogP contribution in [0.1, 0.15) is 74.7 Å². The second-order valence-corrected chi connectivity index (χ2v) is 10.1. The first-order chi connectivity index (χ1) is 14.3. The minimum Gasteiger partial charge on any atom is -0.391 e. The minimum atomic E-state index is -0.978.